The molecule has 3 aromatic rings. The summed E-state index contributed by atoms with van der Waals surface area (Å²) in [6.45, 7) is 2.15. The molecule has 1 aromatic heterocycles. The molecular weight excluding hydrogens is 438 g/mol. The molecule has 1 saturated heterocycles. The van der Waals surface area contributed by atoms with Crippen LogP contribution < -0.4 is 0 Å². The Morgan fingerprint density at radius 3 is 2.50 bits per heavy atom. The molecule has 2 heterocycles. The number of sulfonamides is 1. The molecule has 0 saturated carbocycles. The fraction of sp³-hybridized carbons (Fsp3) is 0.263. The summed E-state index contributed by atoms with van der Waals surface area (Å²) < 4.78 is 28.9. The number of aryl methyl sites for hydroxylation is 1. The number of non-ortho nitro benzene ring substituents is 1. The molecule has 1 aliphatic heterocycles. The monoisotopic (exact) mass is 457 g/mol. The van der Waals surface area contributed by atoms with Crippen molar-refractivity contribution in [3.05, 3.63) is 70.0 Å². The van der Waals surface area contributed by atoms with Crippen LogP contribution in [0.2, 0.25) is 0 Å². The standard InChI is InChI=1S/C19H19N7O5S/c1-14-5-6-17(26(28)29)12-18(14)32(30,31)24-9-7-23(8-10-24)19(27)15-3-2-4-16(11-15)25-13-20-21-22-25/h2-6,11-13H,7-10H2,1H3. The number of rotatable bonds is 5. The summed E-state index contributed by atoms with van der Waals surface area (Å²) in [4.78, 5) is 24.9. The summed E-state index contributed by atoms with van der Waals surface area (Å²) in [7, 11) is -3.93. The molecule has 0 spiro atoms. The van der Waals surface area contributed by atoms with Crippen LogP contribution in [0.3, 0.4) is 0 Å². The van der Waals surface area contributed by atoms with Gasteiger partial charge in [-0.1, -0.05) is 12.1 Å². The molecule has 1 amide bonds. The van der Waals surface area contributed by atoms with Gasteiger partial charge in [0, 0.05) is 43.9 Å². The zero-order chi connectivity index (χ0) is 22.9. The molecule has 0 atom stereocenters. The Morgan fingerprint density at radius 2 is 1.84 bits per heavy atom. The molecule has 12 nitrogen and oxygen atoms in total. The van der Waals surface area contributed by atoms with Gasteiger partial charge in [0.25, 0.3) is 11.6 Å². The van der Waals surface area contributed by atoms with E-state index in [1.54, 1.807) is 36.1 Å². The normalized spacial score (nSPS) is 15.0. The molecule has 1 aliphatic rings. The second-order valence-corrected chi connectivity index (χ2v) is 9.11. The Bertz CT molecular complexity index is 1270. The van der Waals surface area contributed by atoms with Gasteiger partial charge in [-0.05, 0) is 41.1 Å². The number of hydrogen-bond acceptors (Lipinski definition) is 8. The highest BCUT2D eigenvalue weighted by atomic mass is 32.2. The number of piperazine rings is 1. The number of carbonyl (C=O) groups is 1. The Hall–Kier alpha value is -3.71. The van der Waals surface area contributed by atoms with E-state index in [0.717, 1.165) is 6.07 Å². The van der Waals surface area contributed by atoms with Crippen molar-refractivity contribution in [2.45, 2.75) is 11.8 Å². The fourth-order valence-corrected chi connectivity index (χ4v) is 5.16. The Balaban J connectivity index is 1.49. The molecule has 0 unspecified atom stereocenters. The van der Waals surface area contributed by atoms with Crippen LogP contribution in [0.5, 0.6) is 0 Å². The summed E-state index contributed by atoms with van der Waals surface area (Å²) in [5, 5.41) is 22.0. The highest BCUT2D eigenvalue weighted by molar-refractivity contribution is 7.89. The average molecular weight is 457 g/mol. The molecule has 1 fully saturated rings. The van der Waals surface area contributed by atoms with Crippen LogP contribution in [-0.2, 0) is 10.0 Å². The van der Waals surface area contributed by atoms with E-state index < -0.39 is 14.9 Å². The summed E-state index contributed by atoms with van der Waals surface area (Å²) >= 11 is 0. The number of tetrazole rings is 1. The van der Waals surface area contributed by atoms with Crippen molar-refractivity contribution in [3.8, 4) is 5.69 Å². The second-order valence-electron chi connectivity index (χ2n) is 7.21. The van der Waals surface area contributed by atoms with Gasteiger partial charge in [0.15, 0.2) is 0 Å². The topological polar surface area (TPSA) is 144 Å². The predicted molar refractivity (Wildman–Crippen MR) is 112 cm³/mol. The van der Waals surface area contributed by atoms with Gasteiger partial charge in [-0.15, -0.1) is 5.10 Å². The van der Waals surface area contributed by atoms with Crippen LogP contribution in [0.15, 0.2) is 53.7 Å². The summed E-state index contributed by atoms with van der Waals surface area (Å²) in [6, 6.07) is 10.6. The number of amides is 1. The minimum absolute atomic E-state index is 0.0862. The number of aromatic nitrogens is 4. The first-order valence-electron chi connectivity index (χ1n) is 9.65. The maximum Gasteiger partial charge on any atom is 0.270 e. The van der Waals surface area contributed by atoms with Gasteiger partial charge in [-0.2, -0.15) is 4.31 Å². The number of benzene rings is 2. The van der Waals surface area contributed by atoms with Gasteiger partial charge >= 0.3 is 0 Å². The van der Waals surface area contributed by atoms with E-state index in [2.05, 4.69) is 15.5 Å². The molecular formula is C19H19N7O5S. The van der Waals surface area contributed by atoms with Crippen LogP contribution in [0.25, 0.3) is 5.69 Å². The largest absolute Gasteiger partial charge is 0.336 e. The van der Waals surface area contributed by atoms with Gasteiger partial charge in [-0.25, -0.2) is 13.1 Å². The first-order chi connectivity index (χ1) is 15.3. The van der Waals surface area contributed by atoms with Gasteiger partial charge < -0.3 is 4.90 Å². The number of nitro benzene ring substituents is 1. The third kappa shape index (κ3) is 4.07. The number of hydrogen-bond donors (Lipinski definition) is 0. The van der Waals surface area contributed by atoms with Gasteiger partial charge in [-0.3, -0.25) is 14.9 Å². The highest BCUT2D eigenvalue weighted by Gasteiger charge is 2.32. The van der Waals surface area contributed by atoms with Crippen molar-refractivity contribution >= 4 is 21.6 Å². The molecule has 2 aromatic carbocycles. The minimum Gasteiger partial charge on any atom is -0.336 e. The summed E-state index contributed by atoms with van der Waals surface area (Å²) in [5.74, 6) is -0.233. The van der Waals surface area contributed by atoms with Crippen molar-refractivity contribution in [1.82, 2.24) is 29.4 Å². The van der Waals surface area contributed by atoms with Gasteiger partial charge in [0.1, 0.15) is 6.33 Å². The third-order valence-electron chi connectivity index (χ3n) is 5.23. The molecule has 0 radical (unpaired) electrons. The van der Waals surface area contributed by atoms with E-state index in [9.17, 15) is 23.3 Å². The van der Waals surface area contributed by atoms with E-state index in [1.165, 1.54) is 27.4 Å². The molecule has 0 bridgehead atoms. The van der Waals surface area contributed by atoms with Gasteiger partial charge in [0.05, 0.1) is 15.5 Å². The van der Waals surface area contributed by atoms with Crippen LogP contribution in [0, 0.1) is 17.0 Å². The van der Waals surface area contributed by atoms with E-state index in [0.29, 0.717) is 16.8 Å². The zero-order valence-corrected chi connectivity index (χ0v) is 17.8. The van der Waals surface area contributed by atoms with Crippen molar-refractivity contribution in [1.29, 1.82) is 0 Å². The Morgan fingerprint density at radius 1 is 1.09 bits per heavy atom. The zero-order valence-electron chi connectivity index (χ0n) is 17.0. The maximum atomic E-state index is 13.1. The van der Waals surface area contributed by atoms with Crippen molar-refractivity contribution in [2.24, 2.45) is 0 Å². The van der Waals surface area contributed by atoms with Crippen LogP contribution in [0.4, 0.5) is 5.69 Å². The maximum absolute atomic E-state index is 13.1. The highest BCUT2D eigenvalue weighted by Crippen LogP contribution is 2.26. The SMILES string of the molecule is Cc1ccc([N+](=O)[O-])cc1S(=O)(=O)N1CCN(C(=O)c2cccc(-n3cnnn3)c2)CC1. The lowest BCUT2D eigenvalue weighted by Gasteiger charge is -2.34. The predicted octanol–water partition coefficient (Wildman–Crippen LogP) is 1.03. The number of carbonyl (C=O) groups excluding carboxylic acids is 1. The molecule has 4 rings (SSSR count). The first kappa shape index (κ1) is 21.5. The fourth-order valence-electron chi connectivity index (χ4n) is 3.49. The molecule has 0 N–H and O–H groups in total. The van der Waals surface area contributed by atoms with E-state index in [-0.39, 0.29) is 42.7 Å². The van der Waals surface area contributed by atoms with E-state index >= 15 is 0 Å². The summed E-state index contributed by atoms with van der Waals surface area (Å²) in [5.41, 5.74) is 1.20. The molecule has 32 heavy (non-hydrogen) atoms. The summed E-state index contributed by atoms with van der Waals surface area (Å²) in [6.07, 6.45) is 1.42. The van der Waals surface area contributed by atoms with Crippen molar-refractivity contribution in [2.75, 3.05) is 26.2 Å². The Labute approximate surface area is 183 Å². The lowest BCUT2D eigenvalue weighted by molar-refractivity contribution is -0.385. The second kappa shape index (κ2) is 8.43. The van der Waals surface area contributed by atoms with Crippen molar-refractivity contribution < 1.29 is 18.1 Å². The van der Waals surface area contributed by atoms with E-state index in [1.807, 2.05) is 0 Å². The van der Waals surface area contributed by atoms with E-state index in [4.69, 9.17) is 0 Å². The third-order valence-corrected chi connectivity index (χ3v) is 7.27. The minimum atomic E-state index is -3.93. The lowest BCUT2D eigenvalue weighted by Crippen LogP contribution is -2.50. The average Bonchev–Trinajstić information content (AvgIpc) is 3.34. The van der Waals surface area contributed by atoms with Crippen LogP contribution in [0.1, 0.15) is 15.9 Å². The molecule has 13 heteroatoms. The quantitative estimate of drug-likeness (QED) is 0.408. The number of nitro groups is 1. The smallest absolute Gasteiger partial charge is 0.270 e. The van der Waals surface area contributed by atoms with Crippen molar-refractivity contribution in [3.63, 3.8) is 0 Å². The molecule has 166 valence electrons. The lowest BCUT2D eigenvalue weighted by atomic mass is 10.1. The molecule has 0 aliphatic carbocycles. The van der Waals surface area contributed by atoms with Gasteiger partial charge in [0.2, 0.25) is 10.0 Å². The Kier molecular flexibility index (Phi) is 5.67. The van der Waals surface area contributed by atoms with Crippen LogP contribution >= 0.6 is 0 Å². The number of nitrogens with zero attached hydrogens (tertiary/aromatic N) is 7. The van der Waals surface area contributed by atoms with Crippen LogP contribution in [-0.4, -0.2) is 74.8 Å². The first-order valence-corrected chi connectivity index (χ1v) is 11.1.